The molecule has 0 spiro atoms. The molecule has 0 aliphatic carbocycles. The fourth-order valence-electron chi connectivity index (χ4n) is 1.98. The molecule has 0 fully saturated rings. The molecule has 2 aromatic carbocycles. The number of nitrogen functional groups attached to an aromatic ring is 1. The molecule has 0 aliphatic heterocycles. The van der Waals surface area contributed by atoms with Gasteiger partial charge in [0.25, 0.3) is 5.76 Å². The van der Waals surface area contributed by atoms with E-state index in [1.54, 1.807) is 42.5 Å². The van der Waals surface area contributed by atoms with Crippen molar-refractivity contribution in [2.24, 2.45) is 0 Å². The smallest absolute Gasteiger partial charge is 0.288 e. The highest BCUT2D eigenvalue weighted by atomic mass is 32.2. The summed E-state index contributed by atoms with van der Waals surface area (Å²) in [6.45, 7) is 0. The van der Waals surface area contributed by atoms with E-state index < -0.39 is 5.76 Å². The van der Waals surface area contributed by atoms with E-state index in [2.05, 4.69) is 15.3 Å². The summed E-state index contributed by atoms with van der Waals surface area (Å²) in [6, 6.07) is 12.2. The number of alkyl halides is 2. The van der Waals surface area contributed by atoms with Gasteiger partial charge in [-0.1, -0.05) is 23.9 Å². The molecule has 0 saturated carbocycles. The van der Waals surface area contributed by atoms with Gasteiger partial charge in [-0.3, -0.25) is 0 Å². The number of anilines is 3. The number of benzene rings is 2. The summed E-state index contributed by atoms with van der Waals surface area (Å²) in [6.07, 6.45) is 0. The van der Waals surface area contributed by atoms with Crippen molar-refractivity contribution in [2.45, 2.75) is 10.7 Å². The van der Waals surface area contributed by atoms with Crippen LogP contribution >= 0.6 is 11.8 Å². The number of fused-ring (bicyclic) bond motifs is 1. The van der Waals surface area contributed by atoms with Gasteiger partial charge in [0.1, 0.15) is 0 Å². The zero-order chi connectivity index (χ0) is 14.8. The molecule has 7 heteroatoms. The molecule has 0 bridgehead atoms. The number of H-pyrrole nitrogens is 1. The maximum absolute atomic E-state index is 12.5. The van der Waals surface area contributed by atoms with Crippen molar-refractivity contribution in [3.8, 4) is 0 Å². The molecule has 21 heavy (non-hydrogen) atoms. The molecule has 108 valence electrons. The van der Waals surface area contributed by atoms with Crippen LogP contribution in [0.2, 0.25) is 0 Å². The van der Waals surface area contributed by atoms with Crippen molar-refractivity contribution in [1.82, 2.24) is 9.97 Å². The first kappa shape index (κ1) is 13.7. The third-order valence-electron chi connectivity index (χ3n) is 2.86. The van der Waals surface area contributed by atoms with Crippen LogP contribution in [0.4, 0.5) is 26.1 Å². The molecule has 4 N–H and O–H groups in total. The second-order valence-corrected chi connectivity index (χ2v) is 5.39. The summed E-state index contributed by atoms with van der Waals surface area (Å²) in [5, 5.41) is 3.03. The minimum Gasteiger partial charge on any atom is -0.399 e. The fraction of sp³-hybridized carbons (Fsp3) is 0.0714. The maximum atomic E-state index is 12.5. The summed E-state index contributed by atoms with van der Waals surface area (Å²) in [5.41, 5.74) is 8.46. The SMILES string of the molecule is Nc1ccc2nc(Nc3ccccc3SC(F)F)[nH]c2c1. The van der Waals surface area contributed by atoms with Crippen molar-refractivity contribution in [1.29, 1.82) is 0 Å². The monoisotopic (exact) mass is 306 g/mol. The van der Waals surface area contributed by atoms with E-state index in [0.29, 0.717) is 34.0 Å². The second-order valence-electron chi connectivity index (χ2n) is 4.36. The number of nitrogens with two attached hydrogens (primary N) is 1. The highest BCUT2D eigenvalue weighted by Crippen LogP contribution is 2.33. The zero-order valence-electron chi connectivity index (χ0n) is 10.8. The molecule has 1 heterocycles. The van der Waals surface area contributed by atoms with Crippen molar-refractivity contribution < 1.29 is 8.78 Å². The summed E-state index contributed by atoms with van der Waals surface area (Å²) in [7, 11) is 0. The predicted molar refractivity (Wildman–Crippen MR) is 82.1 cm³/mol. The van der Waals surface area contributed by atoms with Gasteiger partial charge in [0.05, 0.1) is 16.7 Å². The Balaban J connectivity index is 1.91. The van der Waals surface area contributed by atoms with Gasteiger partial charge in [0, 0.05) is 10.6 Å². The van der Waals surface area contributed by atoms with Gasteiger partial charge in [-0.05, 0) is 30.3 Å². The molecular formula is C14H12F2N4S. The van der Waals surface area contributed by atoms with Crippen LogP contribution in [0.1, 0.15) is 0 Å². The molecule has 3 rings (SSSR count). The zero-order valence-corrected chi connectivity index (χ0v) is 11.6. The number of aromatic amines is 1. The Labute approximate surface area is 123 Å². The van der Waals surface area contributed by atoms with Gasteiger partial charge in [0.2, 0.25) is 5.95 Å². The van der Waals surface area contributed by atoms with Gasteiger partial charge in [0.15, 0.2) is 0 Å². The average molecular weight is 306 g/mol. The van der Waals surface area contributed by atoms with Gasteiger partial charge >= 0.3 is 0 Å². The fourth-order valence-corrected chi connectivity index (χ4v) is 2.58. The molecule has 0 unspecified atom stereocenters. The Morgan fingerprint density at radius 1 is 1.19 bits per heavy atom. The largest absolute Gasteiger partial charge is 0.399 e. The Morgan fingerprint density at radius 3 is 2.81 bits per heavy atom. The van der Waals surface area contributed by atoms with Gasteiger partial charge in [-0.2, -0.15) is 8.78 Å². The normalized spacial score (nSPS) is 11.2. The van der Waals surface area contributed by atoms with Crippen molar-refractivity contribution in [2.75, 3.05) is 11.1 Å². The summed E-state index contributed by atoms with van der Waals surface area (Å²) in [4.78, 5) is 7.88. The minimum atomic E-state index is -2.47. The number of hydrogen-bond donors (Lipinski definition) is 3. The van der Waals surface area contributed by atoms with Crippen LogP contribution in [0.15, 0.2) is 47.4 Å². The Morgan fingerprint density at radius 2 is 2.00 bits per heavy atom. The Kier molecular flexibility index (Phi) is 3.66. The maximum Gasteiger partial charge on any atom is 0.288 e. The molecule has 0 amide bonds. The minimum absolute atomic E-state index is 0.465. The number of nitrogens with zero attached hydrogens (tertiary/aromatic N) is 1. The Hall–Kier alpha value is -2.28. The summed E-state index contributed by atoms with van der Waals surface area (Å²) >= 11 is 0.496. The molecule has 3 aromatic rings. The number of hydrogen-bond acceptors (Lipinski definition) is 4. The van der Waals surface area contributed by atoms with Crippen molar-refractivity contribution in [3.05, 3.63) is 42.5 Å². The van der Waals surface area contributed by atoms with E-state index in [0.717, 1.165) is 11.0 Å². The lowest BCUT2D eigenvalue weighted by molar-refractivity contribution is 0.252. The number of aromatic nitrogens is 2. The lowest BCUT2D eigenvalue weighted by Gasteiger charge is -2.08. The highest BCUT2D eigenvalue weighted by molar-refractivity contribution is 7.99. The van der Waals surface area contributed by atoms with E-state index in [4.69, 9.17) is 5.73 Å². The second kappa shape index (κ2) is 5.61. The standard InChI is InChI=1S/C14H12F2N4S/c15-13(16)21-12-4-2-1-3-10(12)19-14-18-9-6-5-8(17)7-11(9)20-14/h1-7,13H,17H2,(H2,18,19,20). The van der Waals surface area contributed by atoms with E-state index in [-0.39, 0.29) is 0 Å². The number of halogens is 2. The molecule has 1 aromatic heterocycles. The summed E-state index contributed by atoms with van der Waals surface area (Å²) in [5.74, 6) is -1.98. The number of thioether (sulfide) groups is 1. The number of rotatable bonds is 4. The molecule has 4 nitrogen and oxygen atoms in total. The van der Waals surface area contributed by atoms with Gasteiger partial charge in [-0.25, -0.2) is 4.98 Å². The number of nitrogens with one attached hydrogen (secondary N) is 2. The van der Waals surface area contributed by atoms with Crippen LogP contribution in [0.5, 0.6) is 0 Å². The first-order valence-electron chi connectivity index (χ1n) is 6.18. The highest BCUT2D eigenvalue weighted by Gasteiger charge is 2.11. The van der Waals surface area contributed by atoms with Crippen LogP contribution in [0.3, 0.4) is 0 Å². The number of imidazole rings is 1. The van der Waals surface area contributed by atoms with Crippen molar-refractivity contribution >= 4 is 40.1 Å². The van der Waals surface area contributed by atoms with Gasteiger partial charge in [-0.15, -0.1) is 0 Å². The van der Waals surface area contributed by atoms with E-state index >= 15 is 0 Å². The Bertz CT molecular complexity index is 773. The van der Waals surface area contributed by atoms with Crippen LogP contribution in [-0.4, -0.2) is 15.7 Å². The van der Waals surface area contributed by atoms with Crippen LogP contribution in [-0.2, 0) is 0 Å². The van der Waals surface area contributed by atoms with Crippen LogP contribution in [0, 0.1) is 0 Å². The molecule has 0 radical (unpaired) electrons. The third-order valence-corrected chi connectivity index (χ3v) is 3.65. The molecule has 0 atom stereocenters. The van der Waals surface area contributed by atoms with Crippen molar-refractivity contribution in [3.63, 3.8) is 0 Å². The van der Waals surface area contributed by atoms with Gasteiger partial charge < -0.3 is 16.0 Å². The van der Waals surface area contributed by atoms with Crippen LogP contribution < -0.4 is 11.1 Å². The first-order chi connectivity index (χ1) is 10.1. The van der Waals surface area contributed by atoms with E-state index in [1.807, 2.05) is 0 Å². The summed E-state index contributed by atoms with van der Waals surface area (Å²) < 4.78 is 25.1. The van der Waals surface area contributed by atoms with E-state index in [1.165, 1.54) is 0 Å². The van der Waals surface area contributed by atoms with Crippen LogP contribution in [0.25, 0.3) is 11.0 Å². The molecular weight excluding hydrogens is 294 g/mol. The topological polar surface area (TPSA) is 66.7 Å². The lowest BCUT2D eigenvalue weighted by Crippen LogP contribution is -1.95. The lowest BCUT2D eigenvalue weighted by atomic mass is 10.3. The average Bonchev–Trinajstić information content (AvgIpc) is 2.82. The quantitative estimate of drug-likeness (QED) is 0.499. The first-order valence-corrected chi connectivity index (χ1v) is 7.06. The van der Waals surface area contributed by atoms with E-state index in [9.17, 15) is 8.78 Å². The third kappa shape index (κ3) is 3.08. The number of para-hydroxylation sites is 1. The molecule has 0 saturated heterocycles. The predicted octanol–water partition coefficient (Wildman–Crippen LogP) is 4.20. The molecule has 0 aliphatic rings.